The van der Waals surface area contributed by atoms with Crippen molar-refractivity contribution in [2.24, 2.45) is 0 Å². The fraction of sp³-hybridized carbons (Fsp3) is 0.182. The zero-order valence-electron chi connectivity index (χ0n) is 14.0. The molecule has 1 heterocycles. The molecule has 2 aliphatic rings. The van der Waals surface area contributed by atoms with Crippen LogP contribution in [0.5, 0.6) is 23.0 Å². The van der Waals surface area contributed by atoms with Gasteiger partial charge in [-0.25, -0.2) is 0 Å². The lowest BCUT2D eigenvalue weighted by atomic mass is 9.82. The van der Waals surface area contributed by atoms with Crippen LogP contribution in [0.2, 0.25) is 0 Å². The highest BCUT2D eigenvalue weighted by Crippen LogP contribution is 2.58. The third kappa shape index (κ3) is 1.66. The van der Waals surface area contributed by atoms with Crippen LogP contribution < -0.4 is 9.47 Å². The van der Waals surface area contributed by atoms with Crippen LogP contribution >= 0.6 is 0 Å². The lowest BCUT2D eigenvalue weighted by Crippen LogP contribution is -2.15. The van der Waals surface area contributed by atoms with E-state index in [1.165, 1.54) is 22.3 Å². The lowest BCUT2D eigenvalue weighted by molar-refractivity contribution is 0.360. The molecule has 0 saturated carbocycles. The maximum atomic E-state index is 6.30. The number of rotatable bonds is 0. The number of aryl methyl sites for hydroxylation is 1. The molecule has 24 heavy (non-hydrogen) atoms. The summed E-state index contributed by atoms with van der Waals surface area (Å²) in [5.41, 5.74) is 6.17. The summed E-state index contributed by atoms with van der Waals surface area (Å²) in [5, 5.41) is 0. The first-order chi connectivity index (χ1) is 11.6. The second-order valence-electron chi connectivity index (χ2n) is 7.14. The predicted octanol–water partition coefficient (Wildman–Crippen LogP) is 6.20. The number of benzene rings is 3. The van der Waals surface area contributed by atoms with E-state index < -0.39 is 0 Å². The Morgan fingerprint density at radius 2 is 1.54 bits per heavy atom. The van der Waals surface area contributed by atoms with E-state index in [0.29, 0.717) is 0 Å². The fourth-order valence-corrected chi connectivity index (χ4v) is 3.93. The van der Waals surface area contributed by atoms with Gasteiger partial charge < -0.3 is 9.47 Å². The molecule has 1 aliphatic heterocycles. The molecule has 0 aromatic heterocycles. The Morgan fingerprint density at radius 1 is 0.750 bits per heavy atom. The van der Waals surface area contributed by atoms with Crippen molar-refractivity contribution in [3.8, 4) is 34.1 Å². The molecule has 0 N–H and O–H groups in total. The largest absolute Gasteiger partial charge is 0.449 e. The second-order valence-corrected chi connectivity index (χ2v) is 7.14. The zero-order chi connectivity index (χ0) is 16.5. The summed E-state index contributed by atoms with van der Waals surface area (Å²) in [6.45, 7) is 6.59. The summed E-state index contributed by atoms with van der Waals surface area (Å²) in [6.07, 6.45) is 0. The van der Waals surface area contributed by atoms with Crippen molar-refractivity contribution >= 4 is 0 Å². The lowest BCUT2D eigenvalue weighted by Gasteiger charge is -2.25. The summed E-state index contributed by atoms with van der Waals surface area (Å²) in [5.74, 6) is 3.19. The molecule has 2 nitrogen and oxygen atoms in total. The SMILES string of the molecule is Cc1ccc2c(c1)Oc1ccc3c(c1O2)-c1ccccc1C3(C)C. The van der Waals surface area contributed by atoms with Gasteiger partial charge in [-0.3, -0.25) is 0 Å². The van der Waals surface area contributed by atoms with Crippen LogP contribution in [-0.4, -0.2) is 0 Å². The van der Waals surface area contributed by atoms with Crippen LogP contribution in [-0.2, 0) is 5.41 Å². The molecular weight excluding hydrogens is 296 g/mol. The van der Waals surface area contributed by atoms with Crippen molar-refractivity contribution in [1.29, 1.82) is 0 Å². The van der Waals surface area contributed by atoms with E-state index in [1.54, 1.807) is 0 Å². The van der Waals surface area contributed by atoms with Crippen molar-refractivity contribution < 1.29 is 9.47 Å². The van der Waals surface area contributed by atoms with Gasteiger partial charge in [0, 0.05) is 11.0 Å². The first kappa shape index (κ1) is 13.7. The van der Waals surface area contributed by atoms with Gasteiger partial charge in [-0.1, -0.05) is 50.2 Å². The number of ether oxygens (including phenoxy) is 2. The smallest absolute Gasteiger partial charge is 0.178 e. The van der Waals surface area contributed by atoms with Gasteiger partial charge in [0.1, 0.15) is 0 Å². The molecule has 1 aliphatic carbocycles. The number of hydrogen-bond donors (Lipinski definition) is 0. The molecule has 0 fully saturated rings. The number of fused-ring (bicyclic) bond motifs is 6. The highest BCUT2D eigenvalue weighted by molar-refractivity contribution is 5.87. The molecule has 118 valence electrons. The molecule has 0 atom stereocenters. The van der Waals surface area contributed by atoms with E-state index in [1.807, 2.05) is 24.3 Å². The quantitative estimate of drug-likeness (QED) is 0.385. The first-order valence-corrected chi connectivity index (χ1v) is 8.29. The van der Waals surface area contributed by atoms with Crippen LogP contribution in [0.15, 0.2) is 54.6 Å². The van der Waals surface area contributed by atoms with Crippen molar-refractivity contribution in [3.05, 3.63) is 71.3 Å². The van der Waals surface area contributed by atoms with E-state index in [0.717, 1.165) is 28.6 Å². The van der Waals surface area contributed by atoms with Crippen LogP contribution in [0.25, 0.3) is 11.1 Å². The van der Waals surface area contributed by atoms with E-state index in [-0.39, 0.29) is 5.41 Å². The van der Waals surface area contributed by atoms with Crippen LogP contribution in [0.1, 0.15) is 30.5 Å². The van der Waals surface area contributed by atoms with Crippen LogP contribution in [0, 0.1) is 6.92 Å². The Balaban J connectivity index is 1.77. The van der Waals surface area contributed by atoms with E-state index >= 15 is 0 Å². The molecule has 3 aromatic carbocycles. The van der Waals surface area contributed by atoms with Crippen molar-refractivity contribution in [1.82, 2.24) is 0 Å². The summed E-state index contributed by atoms with van der Waals surface area (Å²) in [6, 6.07) is 18.8. The molecule has 5 rings (SSSR count). The number of hydrogen-bond acceptors (Lipinski definition) is 2. The average Bonchev–Trinajstić information content (AvgIpc) is 2.81. The third-order valence-corrected chi connectivity index (χ3v) is 5.20. The van der Waals surface area contributed by atoms with E-state index in [4.69, 9.17) is 9.47 Å². The van der Waals surface area contributed by atoms with Gasteiger partial charge in [-0.05, 0) is 47.4 Å². The van der Waals surface area contributed by atoms with Gasteiger partial charge in [0.05, 0.1) is 0 Å². The Kier molecular flexibility index (Phi) is 2.52. The van der Waals surface area contributed by atoms with Crippen LogP contribution in [0.3, 0.4) is 0 Å². The molecule has 0 unspecified atom stereocenters. The molecule has 0 radical (unpaired) electrons. The topological polar surface area (TPSA) is 18.5 Å². The van der Waals surface area contributed by atoms with Gasteiger partial charge in [-0.15, -0.1) is 0 Å². The minimum Gasteiger partial charge on any atom is -0.449 e. The van der Waals surface area contributed by atoms with Gasteiger partial charge >= 0.3 is 0 Å². The molecule has 3 aromatic rings. The average molecular weight is 314 g/mol. The molecule has 2 heteroatoms. The van der Waals surface area contributed by atoms with E-state index in [2.05, 4.69) is 51.1 Å². The van der Waals surface area contributed by atoms with Crippen molar-refractivity contribution in [2.45, 2.75) is 26.2 Å². The Bertz CT molecular complexity index is 999. The van der Waals surface area contributed by atoms with Gasteiger partial charge in [0.25, 0.3) is 0 Å². The highest BCUT2D eigenvalue weighted by Gasteiger charge is 2.39. The summed E-state index contributed by atoms with van der Waals surface area (Å²) < 4.78 is 12.4. The summed E-state index contributed by atoms with van der Waals surface area (Å²) in [7, 11) is 0. The van der Waals surface area contributed by atoms with E-state index in [9.17, 15) is 0 Å². The molecule has 0 saturated heterocycles. The maximum absolute atomic E-state index is 6.30. The second kappa shape index (κ2) is 4.41. The molecule has 0 amide bonds. The Labute approximate surface area is 141 Å². The van der Waals surface area contributed by atoms with Crippen molar-refractivity contribution in [2.75, 3.05) is 0 Å². The molecular formula is C22H18O2. The summed E-state index contributed by atoms with van der Waals surface area (Å²) in [4.78, 5) is 0. The monoisotopic (exact) mass is 314 g/mol. The maximum Gasteiger partial charge on any atom is 0.178 e. The Hall–Kier alpha value is -2.74. The van der Waals surface area contributed by atoms with Gasteiger partial charge in [-0.2, -0.15) is 0 Å². The van der Waals surface area contributed by atoms with Crippen molar-refractivity contribution in [3.63, 3.8) is 0 Å². The minimum atomic E-state index is -0.0299. The van der Waals surface area contributed by atoms with Gasteiger partial charge in [0.15, 0.2) is 23.0 Å². The Morgan fingerprint density at radius 3 is 2.42 bits per heavy atom. The standard InChI is InChI=1S/C22H18O2/c1-13-8-10-17-19(12-13)23-18-11-9-16-20(21(18)24-17)14-6-4-5-7-15(14)22(16,2)3/h4-12H,1-3H3. The van der Waals surface area contributed by atoms with Crippen LogP contribution in [0.4, 0.5) is 0 Å². The normalized spacial score (nSPS) is 15.5. The zero-order valence-corrected chi connectivity index (χ0v) is 14.0. The minimum absolute atomic E-state index is 0.0299. The predicted molar refractivity (Wildman–Crippen MR) is 95.3 cm³/mol. The third-order valence-electron chi connectivity index (χ3n) is 5.20. The highest BCUT2D eigenvalue weighted by atomic mass is 16.6. The molecule has 0 spiro atoms. The fourth-order valence-electron chi connectivity index (χ4n) is 3.93. The first-order valence-electron chi connectivity index (χ1n) is 8.29. The summed E-state index contributed by atoms with van der Waals surface area (Å²) >= 11 is 0. The van der Waals surface area contributed by atoms with Gasteiger partial charge in [0.2, 0.25) is 0 Å². The molecule has 0 bridgehead atoms.